The first kappa shape index (κ1) is 11.7. The minimum Gasteiger partial charge on any atom is -0.312 e. The SMILES string of the molecule is CC(C)(C)NCCC(=O)Nc1ccn[nH]1. The summed E-state index contributed by atoms with van der Waals surface area (Å²) in [5.41, 5.74) is 0.0499. The third kappa shape index (κ3) is 5.17. The van der Waals surface area contributed by atoms with Gasteiger partial charge in [-0.25, -0.2) is 0 Å². The zero-order valence-electron chi connectivity index (χ0n) is 9.42. The molecule has 1 amide bonds. The van der Waals surface area contributed by atoms with Crippen molar-refractivity contribution < 1.29 is 4.79 Å². The predicted octanol–water partition coefficient (Wildman–Crippen LogP) is 1.13. The minimum atomic E-state index is -0.0176. The van der Waals surface area contributed by atoms with E-state index in [9.17, 15) is 4.79 Å². The maximum absolute atomic E-state index is 11.4. The zero-order chi connectivity index (χ0) is 11.3. The zero-order valence-corrected chi connectivity index (χ0v) is 9.42. The van der Waals surface area contributed by atoms with Gasteiger partial charge in [0.2, 0.25) is 5.91 Å². The van der Waals surface area contributed by atoms with Crippen LogP contribution in [0, 0.1) is 0 Å². The van der Waals surface area contributed by atoms with Gasteiger partial charge < -0.3 is 10.6 Å². The smallest absolute Gasteiger partial charge is 0.226 e. The van der Waals surface area contributed by atoms with E-state index in [1.807, 2.05) is 0 Å². The molecule has 0 aliphatic rings. The highest BCUT2D eigenvalue weighted by atomic mass is 16.1. The monoisotopic (exact) mass is 210 g/mol. The average molecular weight is 210 g/mol. The van der Waals surface area contributed by atoms with Crippen LogP contribution in [0.3, 0.4) is 0 Å². The van der Waals surface area contributed by atoms with Gasteiger partial charge in [-0.1, -0.05) is 0 Å². The van der Waals surface area contributed by atoms with E-state index in [1.165, 1.54) is 0 Å². The molecule has 5 nitrogen and oxygen atoms in total. The van der Waals surface area contributed by atoms with Crippen LogP contribution < -0.4 is 10.6 Å². The number of rotatable bonds is 4. The second kappa shape index (κ2) is 4.93. The van der Waals surface area contributed by atoms with Crippen molar-refractivity contribution in [2.45, 2.75) is 32.7 Å². The summed E-state index contributed by atoms with van der Waals surface area (Å²) in [7, 11) is 0. The quantitative estimate of drug-likeness (QED) is 0.697. The Bertz CT molecular complexity index is 300. The molecule has 15 heavy (non-hydrogen) atoms. The summed E-state index contributed by atoms with van der Waals surface area (Å²) < 4.78 is 0. The number of nitrogens with zero attached hydrogens (tertiary/aromatic N) is 1. The molecular formula is C10H18N4O. The number of anilines is 1. The Morgan fingerprint density at radius 1 is 1.53 bits per heavy atom. The highest BCUT2D eigenvalue weighted by Crippen LogP contribution is 2.01. The molecule has 1 heterocycles. The highest BCUT2D eigenvalue weighted by Gasteiger charge is 2.09. The van der Waals surface area contributed by atoms with Crippen molar-refractivity contribution in [2.75, 3.05) is 11.9 Å². The van der Waals surface area contributed by atoms with E-state index in [4.69, 9.17) is 0 Å². The molecule has 1 rings (SSSR count). The molecule has 5 heteroatoms. The van der Waals surface area contributed by atoms with Crippen molar-refractivity contribution in [3.05, 3.63) is 12.3 Å². The standard InChI is InChI=1S/C10H18N4O/c1-10(2,3)11-6-5-9(15)13-8-4-7-12-14-8/h4,7,11H,5-6H2,1-3H3,(H2,12,13,14,15). The maximum atomic E-state index is 11.4. The Labute approximate surface area is 89.6 Å². The molecule has 0 spiro atoms. The average Bonchev–Trinajstić information content (AvgIpc) is 2.54. The lowest BCUT2D eigenvalue weighted by Gasteiger charge is -2.20. The summed E-state index contributed by atoms with van der Waals surface area (Å²) in [6.45, 7) is 6.88. The maximum Gasteiger partial charge on any atom is 0.226 e. The number of carbonyl (C=O) groups excluding carboxylic acids is 1. The summed E-state index contributed by atoms with van der Waals surface area (Å²) in [4.78, 5) is 11.4. The van der Waals surface area contributed by atoms with E-state index in [1.54, 1.807) is 12.3 Å². The third-order valence-corrected chi connectivity index (χ3v) is 1.78. The number of aromatic amines is 1. The molecule has 0 aliphatic heterocycles. The molecule has 0 bridgehead atoms. The lowest BCUT2D eigenvalue weighted by atomic mass is 10.1. The number of aromatic nitrogens is 2. The second-order valence-corrected chi connectivity index (χ2v) is 4.45. The molecule has 0 saturated heterocycles. The largest absolute Gasteiger partial charge is 0.312 e. The third-order valence-electron chi connectivity index (χ3n) is 1.78. The molecular weight excluding hydrogens is 192 g/mol. The fourth-order valence-corrected chi connectivity index (χ4v) is 1.09. The van der Waals surface area contributed by atoms with Gasteiger partial charge >= 0.3 is 0 Å². The van der Waals surface area contributed by atoms with Gasteiger partial charge in [-0.2, -0.15) is 5.10 Å². The van der Waals surface area contributed by atoms with Crippen LogP contribution in [0.2, 0.25) is 0 Å². The first-order chi connectivity index (χ1) is 6.97. The van der Waals surface area contributed by atoms with Gasteiger partial charge in [-0.3, -0.25) is 9.89 Å². The summed E-state index contributed by atoms with van der Waals surface area (Å²) in [6.07, 6.45) is 2.05. The topological polar surface area (TPSA) is 69.8 Å². The van der Waals surface area contributed by atoms with Crippen LogP contribution in [0.4, 0.5) is 5.82 Å². The van der Waals surface area contributed by atoms with E-state index in [2.05, 4.69) is 41.6 Å². The van der Waals surface area contributed by atoms with Crippen LogP contribution in [0.25, 0.3) is 0 Å². The Morgan fingerprint density at radius 2 is 2.27 bits per heavy atom. The number of hydrogen-bond donors (Lipinski definition) is 3. The Hall–Kier alpha value is -1.36. The van der Waals surface area contributed by atoms with Crippen LogP contribution >= 0.6 is 0 Å². The van der Waals surface area contributed by atoms with Crippen molar-refractivity contribution in [3.63, 3.8) is 0 Å². The first-order valence-electron chi connectivity index (χ1n) is 5.02. The van der Waals surface area contributed by atoms with Gasteiger partial charge in [0, 0.05) is 24.6 Å². The van der Waals surface area contributed by atoms with E-state index < -0.39 is 0 Å². The molecule has 0 atom stereocenters. The Kier molecular flexibility index (Phi) is 3.85. The van der Waals surface area contributed by atoms with Gasteiger partial charge in [0.25, 0.3) is 0 Å². The highest BCUT2D eigenvalue weighted by molar-refractivity contribution is 5.89. The number of H-pyrrole nitrogens is 1. The Morgan fingerprint density at radius 3 is 2.80 bits per heavy atom. The number of carbonyl (C=O) groups is 1. The lowest BCUT2D eigenvalue weighted by molar-refractivity contribution is -0.116. The van der Waals surface area contributed by atoms with Crippen molar-refractivity contribution in [1.29, 1.82) is 0 Å². The minimum absolute atomic E-state index is 0.0176. The van der Waals surface area contributed by atoms with Crippen LogP contribution in [0.15, 0.2) is 12.3 Å². The summed E-state index contributed by atoms with van der Waals surface area (Å²) in [6, 6.07) is 1.72. The van der Waals surface area contributed by atoms with Crippen LogP contribution in [0.5, 0.6) is 0 Å². The fraction of sp³-hybridized carbons (Fsp3) is 0.600. The predicted molar refractivity (Wildman–Crippen MR) is 59.6 cm³/mol. The summed E-state index contributed by atoms with van der Waals surface area (Å²) >= 11 is 0. The Balaban J connectivity index is 2.20. The van der Waals surface area contributed by atoms with E-state index in [-0.39, 0.29) is 11.4 Å². The van der Waals surface area contributed by atoms with Crippen molar-refractivity contribution in [2.24, 2.45) is 0 Å². The number of nitrogens with one attached hydrogen (secondary N) is 3. The van der Waals surface area contributed by atoms with Crippen LogP contribution in [-0.2, 0) is 4.79 Å². The number of hydrogen-bond acceptors (Lipinski definition) is 3. The van der Waals surface area contributed by atoms with Gasteiger partial charge in [0.15, 0.2) is 0 Å². The summed E-state index contributed by atoms with van der Waals surface area (Å²) in [5.74, 6) is 0.617. The molecule has 3 N–H and O–H groups in total. The normalized spacial score (nSPS) is 11.4. The molecule has 0 fully saturated rings. The second-order valence-electron chi connectivity index (χ2n) is 4.45. The van der Waals surface area contributed by atoms with Gasteiger partial charge in [0.1, 0.15) is 5.82 Å². The van der Waals surface area contributed by atoms with Gasteiger partial charge in [-0.05, 0) is 20.8 Å². The molecule has 1 aromatic rings. The van der Waals surface area contributed by atoms with E-state index >= 15 is 0 Å². The summed E-state index contributed by atoms with van der Waals surface area (Å²) in [5, 5.41) is 12.4. The number of amides is 1. The van der Waals surface area contributed by atoms with E-state index in [0.29, 0.717) is 18.8 Å². The fourth-order valence-electron chi connectivity index (χ4n) is 1.09. The molecule has 0 saturated carbocycles. The lowest BCUT2D eigenvalue weighted by Crippen LogP contribution is -2.37. The molecule has 0 radical (unpaired) electrons. The van der Waals surface area contributed by atoms with Crippen molar-refractivity contribution in [3.8, 4) is 0 Å². The van der Waals surface area contributed by atoms with Gasteiger partial charge in [-0.15, -0.1) is 0 Å². The molecule has 84 valence electrons. The molecule has 0 aliphatic carbocycles. The van der Waals surface area contributed by atoms with Crippen LogP contribution in [0.1, 0.15) is 27.2 Å². The van der Waals surface area contributed by atoms with E-state index in [0.717, 1.165) is 0 Å². The van der Waals surface area contributed by atoms with Gasteiger partial charge in [0.05, 0.1) is 6.20 Å². The van der Waals surface area contributed by atoms with Crippen molar-refractivity contribution >= 4 is 11.7 Å². The molecule has 0 unspecified atom stereocenters. The van der Waals surface area contributed by atoms with Crippen LogP contribution in [-0.4, -0.2) is 28.2 Å². The molecule has 1 aromatic heterocycles. The molecule has 0 aromatic carbocycles. The first-order valence-corrected chi connectivity index (χ1v) is 5.02. The van der Waals surface area contributed by atoms with Crippen molar-refractivity contribution in [1.82, 2.24) is 15.5 Å².